The first-order chi connectivity index (χ1) is 19.0. The number of hydrogen-bond donors (Lipinski definition) is 0. The standard InChI is InChI=1S/C25H30.C6H14.C3H3N.2C2H6/c1-21-11-9-17-24(19-21)25-18-10-16-23(20-25)15-6-3-2-5-12-22-13-7-4-8-14-22;1-5(2)6(3)4;1-2-4-3-1;2*1-2/h4,7-8,10-11,13-14,16,18-20H,2-3,5-6,9,12,15,17H2,1H3;5-6H,1-4H3;1-3H;2*1-2H3. The first-order valence-corrected chi connectivity index (χ1v) is 15.6. The highest BCUT2D eigenvalue weighted by Gasteiger charge is 2.06. The first-order valence-electron chi connectivity index (χ1n) is 15.6. The van der Waals surface area contributed by atoms with E-state index in [0.717, 1.165) is 11.8 Å². The van der Waals surface area contributed by atoms with Crippen molar-refractivity contribution >= 4 is 11.8 Å². The van der Waals surface area contributed by atoms with Crippen molar-refractivity contribution < 1.29 is 0 Å². The van der Waals surface area contributed by atoms with E-state index in [1.165, 1.54) is 79.2 Å². The number of nitrogens with zero attached hydrogens (tertiary/aromatic N) is 1. The fraction of sp³-hybridized carbons (Fsp3) is 0.500. The lowest BCUT2D eigenvalue weighted by molar-refractivity contribution is 0.457. The second-order valence-electron chi connectivity index (χ2n) is 10.4. The Morgan fingerprint density at radius 2 is 1.23 bits per heavy atom. The van der Waals surface area contributed by atoms with Gasteiger partial charge in [0.2, 0.25) is 0 Å². The minimum atomic E-state index is 0.852. The number of benzene rings is 2. The van der Waals surface area contributed by atoms with Gasteiger partial charge < -0.3 is 0 Å². The van der Waals surface area contributed by atoms with Crippen molar-refractivity contribution in [3.8, 4) is 0 Å². The lowest BCUT2D eigenvalue weighted by Gasteiger charge is -2.13. The van der Waals surface area contributed by atoms with Crippen molar-refractivity contribution in [2.24, 2.45) is 16.8 Å². The summed E-state index contributed by atoms with van der Waals surface area (Å²) in [5.41, 5.74) is 7.30. The Kier molecular flexibility index (Phi) is 22.7. The van der Waals surface area contributed by atoms with Crippen LogP contribution in [-0.2, 0) is 12.8 Å². The minimum Gasteiger partial charge on any atom is -0.265 e. The molecule has 1 aliphatic carbocycles. The quantitative estimate of drug-likeness (QED) is 0.286. The van der Waals surface area contributed by atoms with Crippen LogP contribution in [0.25, 0.3) is 5.57 Å². The summed E-state index contributed by atoms with van der Waals surface area (Å²) >= 11 is 0. The Balaban J connectivity index is 0.000000854. The van der Waals surface area contributed by atoms with Gasteiger partial charge in [0, 0.05) is 12.4 Å². The predicted molar refractivity (Wildman–Crippen MR) is 180 cm³/mol. The molecule has 0 unspecified atom stereocenters. The van der Waals surface area contributed by atoms with Gasteiger partial charge in [0.15, 0.2) is 0 Å². The van der Waals surface area contributed by atoms with E-state index in [9.17, 15) is 0 Å². The maximum atomic E-state index is 3.61. The Hall–Kier alpha value is -2.67. The number of hydrogen-bond acceptors (Lipinski definition) is 1. The molecule has 39 heavy (non-hydrogen) atoms. The Morgan fingerprint density at radius 1 is 0.718 bits per heavy atom. The van der Waals surface area contributed by atoms with Crippen molar-refractivity contribution in [2.45, 2.75) is 114 Å². The van der Waals surface area contributed by atoms with Crippen LogP contribution in [0.15, 0.2) is 89.6 Å². The number of aryl methyl sites for hydroxylation is 2. The lowest BCUT2D eigenvalue weighted by Crippen LogP contribution is -1.95. The summed E-state index contributed by atoms with van der Waals surface area (Å²) < 4.78 is 0. The Labute approximate surface area is 243 Å². The molecule has 1 heterocycles. The van der Waals surface area contributed by atoms with Crippen LogP contribution in [0.3, 0.4) is 0 Å². The second-order valence-corrected chi connectivity index (χ2v) is 10.4. The van der Waals surface area contributed by atoms with E-state index in [-0.39, 0.29) is 0 Å². The Bertz CT molecular complexity index is 933. The molecule has 0 fully saturated rings. The molecule has 1 nitrogen and oxygen atoms in total. The molecule has 2 aromatic rings. The molecule has 2 aromatic carbocycles. The van der Waals surface area contributed by atoms with Gasteiger partial charge in [0.1, 0.15) is 0 Å². The van der Waals surface area contributed by atoms with Gasteiger partial charge in [-0.1, -0.05) is 141 Å². The zero-order valence-electron chi connectivity index (χ0n) is 26.8. The third-order valence-electron chi connectivity index (χ3n) is 6.78. The van der Waals surface area contributed by atoms with Gasteiger partial charge in [-0.15, -0.1) is 0 Å². The molecular formula is C38H59N. The van der Waals surface area contributed by atoms with Crippen LogP contribution >= 0.6 is 0 Å². The molecular weight excluding hydrogens is 470 g/mol. The van der Waals surface area contributed by atoms with Crippen LogP contribution in [0, 0.1) is 11.8 Å². The van der Waals surface area contributed by atoms with Crippen LogP contribution in [0.2, 0.25) is 0 Å². The average Bonchev–Trinajstić information content (AvgIpc) is 2.93. The highest BCUT2D eigenvalue weighted by Crippen LogP contribution is 2.27. The van der Waals surface area contributed by atoms with E-state index >= 15 is 0 Å². The normalized spacial score (nSPS) is 12.7. The number of aliphatic imine (C=N–C) groups is 1. The molecule has 0 amide bonds. The SMILES string of the molecule is C1=CN=C1.CC.CC.CC(C)C(C)C.CC1=CCCC(c2cccc(CCCCCCc3ccccc3)c2)=C1. The molecule has 0 spiro atoms. The molecule has 0 saturated heterocycles. The van der Waals surface area contributed by atoms with Crippen LogP contribution < -0.4 is 0 Å². The highest BCUT2D eigenvalue weighted by atomic mass is 14.7. The van der Waals surface area contributed by atoms with Crippen molar-refractivity contribution in [2.75, 3.05) is 0 Å². The molecule has 0 bridgehead atoms. The molecule has 2 aliphatic rings. The van der Waals surface area contributed by atoms with E-state index in [1.54, 1.807) is 12.4 Å². The second kappa shape index (κ2) is 24.4. The van der Waals surface area contributed by atoms with Crippen molar-refractivity contribution in [1.29, 1.82) is 0 Å². The molecule has 0 atom stereocenters. The maximum absolute atomic E-state index is 3.61. The molecule has 4 rings (SSSR count). The molecule has 0 radical (unpaired) electrons. The third-order valence-corrected chi connectivity index (χ3v) is 6.78. The van der Waals surface area contributed by atoms with Gasteiger partial charge in [-0.3, -0.25) is 4.99 Å². The number of allylic oxidation sites excluding steroid dienone is 5. The molecule has 1 heteroatoms. The first kappa shape index (κ1) is 36.3. The van der Waals surface area contributed by atoms with E-state index in [4.69, 9.17) is 0 Å². The Morgan fingerprint density at radius 3 is 1.72 bits per heavy atom. The van der Waals surface area contributed by atoms with Crippen molar-refractivity contribution in [1.82, 2.24) is 0 Å². The van der Waals surface area contributed by atoms with E-state index < -0.39 is 0 Å². The number of rotatable bonds is 9. The summed E-state index contributed by atoms with van der Waals surface area (Å²) in [4.78, 5) is 3.61. The van der Waals surface area contributed by atoms with Gasteiger partial charge in [-0.25, -0.2) is 0 Å². The summed E-state index contributed by atoms with van der Waals surface area (Å²) in [5, 5.41) is 0. The predicted octanol–water partition coefficient (Wildman–Crippen LogP) is 12.1. The van der Waals surface area contributed by atoms with Crippen molar-refractivity contribution in [3.63, 3.8) is 0 Å². The van der Waals surface area contributed by atoms with Gasteiger partial charge in [-0.05, 0) is 85.6 Å². The van der Waals surface area contributed by atoms with Crippen LogP contribution in [0.4, 0.5) is 0 Å². The van der Waals surface area contributed by atoms with Gasteiger partial charge >= 0.3 is 0 Å². The average molecular weight is 530 g/mol. The van der Waals surface area contributed by atoms with Crippen molar-refractivity contribution in [3.05, 3.63) is 101 Å². The van der Waals surface area contributed by atoms with Gasteiger partial charge in [0.25, 0.3) is 0 Å². The van der Waals surface area contributed by atoms with Gasteiger partial charge in [-0.2, -0.15) is 0 Å². The summed E-state index contributed by atoms with van der Waals surface area (Å²) in [6, 6.07) is 20.1. The number of unbranched alkanes of at least 4 members (excludes halogenated alkanes) is 3. The largest absolute Gasteiger partial charge is 0.265 e. The monoisotopic (exact) mass is 529 g/mol. The summed E-state index contributed by atoms with van der Waals surface area (Å²) in [6.45, 7) is 19.2. The highest BCUT2D eigenvalue weighted by molar-refractivity contribution is 5.76. The summed E-state index contributed by atoms with van der Waals surface area (Å²) in [7, 11) is 0. The van der Waals surface area contributed by atoms with E-state index in [1.807, 2.05) is 33.8 Å². The van der Waals surface area contributed by atoms with Crippen LogP contribution in [0.1, 0.15) is 118 Å². The molecule has 0 aromatic heterocycles. The zero-order valence-corrected chi connectivity index (χ0v) is 26.8. The van der Waals surface area contributed by atoms with E-state index in [2.05, 4.69) is 106 Å². The molecule has 0 N–H and O–H groups in total. The molecule has 1 aliphatic heterocycles. The fourth-order valence-electron chi connectivity index (χ4n) is 3.76. The van der Waals surface area contributed by atoms with Crippen LogP contribution in [0.5, 0.6) is 0 Å². The van der Waals surface area contributed by atoms with E-state index in [0.29, 0.717) is 0 Å². The molecule has 0 saturated carbocycles. The third kappa shape index (κ3) is 18.3. The summed E-state index contributed by atoms with van der Waals surface area (Å²) in [5.74, 6) is 1.70. The zero-order chi connectivity index (χ0) is 29.3. The van der Waals surface area contributed by atoms with Gasteiger partial charge in [0.05, 0.1) is 0 Å². The smallest absolute Gasteiger partial charge is 0.0283 e. The lowest BCUT2D eigenvalue weighted by atomic mass is 9.92. The molecule has 216 valence electrons. The maximum Gasteiger partial charge on any atom is 0.0283 e. The topological polar surface area (TPSA) is 12.4 Å². The fourth-order valence-corrected chi connectivity index (χ4v) is 3.76. The summed E-state index contributed by atoms with van der Waals surface area (Å²) in [6.07, 6.45) is 20.2. The minimum absolute atomic E-state index is 0.852. The van der Waals surface area contributed by atoms with Crippen LogP contribution in [-0.4, -0.2) is 6.21 Å².